The summed E-state index contributed by atoms with van der Waals surface area (Å²) >= 11 is 0. The lowest BCUT2D eigenvalue weighted by molar-refractivity contribution is -0.134. The van der Waals surface area contributed by atoms with Gasteiger partial charge in [-0.15, -0.1) is 12.4 Å². The Morgan fingerprint density at radius 1 is 1.05 bits per heavy atom. The van der Waals surface area contributed by atoms with Crippen molar-refractivity contribution in [1.82, 2.24) is 4.90 Å². The van der Waals surface area contributed by atoms with Crippen LogP contribution < -0.4 is 9.47 Å². The molecule has 1 fully saturated rings. The number of carbonyl (C=O) groups is 1. The number of carbonyl (C=O) groups excluding carboxylic acids is 1. The number of allylic oxidation sites excluding steroid dienone is 1. The Hall–Kier alpha value is -1.52. The number of ether oxygens (including phenoxy) is 2. The normalized spacial score (nSPS) is 20.4. The maximum atomic E-state index is 13.1. The first-order chi connectivity index (χ1) is 17.3. The van der Waals surface area contributed by atoms with Crippen molar-refractivity contribution in [3.8, 4) is 11.5 Å². The predicted octanol–water partition coefficient (Wildman–Crippen LogP) is 8.71. The van der Waals surface area contributed by atoms with Gasteiger partial charge in [-0.2, -0.15) is 0 Å². The smallest absolute Gasteiger partial charge is 0.311 e. The molecule has 2 unspecified atom stereocenters. The van der Waals surface area contributed by atoms with Crippen LogP contribution in [0.2, 0.25) is 0 Å². The molecule has 4 rings (SSSR count). The third kappa shape index (κ3) is 7.32. The number of fused-ring (bicyclic) bond motifs is 2. The summed E-state index contributed by atoms with van der Waals surface area (Å²) in [6.07, 6.45) is 13.5. The van der Waals surface area contributed by atoms with E-state index in [1.165, 1.54) is 74.7 Å². The minimum absolute atomic E-state index is 0. The first-order valence-electron chi connectivity index (χ1n) is 14.8. The summed E-state index contributed by atoms with van der Waals surface area (Å²) in [7, 11) is 0. The summed E-state index contributed by atoms with van der Waals surface area (Å²) in [5.74, 6) is 2.47. The predicted molar refractivity (Wildman–Crippen MR) is 156 cm³/mol. The van der Waals surface area contributed by atoms with E-state index in [1.54, 1.807) is 0 Å². The molecular weight excluding hydrogens is 482 g/mol. The molecule has 3 aliphatic rings. The van der Waals surface area contributed by atoms with E-state index in [4.69, 9.17) is 9.47 Å². The Morgan fingerprint density at radius 3 is 2.54 bits per heavy atom. The minimum Gasteiger partial charge on any atom is -0.483 e. The van der Waals surface area contributed by atoms with E-state index in [-0.39, 0.29) is 24.0 Å². The van der Waals surface area contributed by atoms with E-state index in [0.29, 0.717) is 18.3 Å². The van der Waals surface area contributed by atoms with Gasteiger partial charge in [0.15, 0.2) is 0 Å². The molecule has 2 atom stereocenters. The maximum Gasteiger partial charge on any atom is 0.311 e. The highest BCUT2D eigenvalue weighted by molar-refractivity contribution is 5.85. The molecule has 0 aromatic heterocycles. The zero-order valence-electron chi connectivity index (χ0n) is 24.0. The van der Waals surface area contributed by atoms with Gasteiger partial charge in [0.1, 0.15) is 17.1 Å². The maximum absolute atomic E-state index is 13.1. The SMILES string of the molecule is CCCCCC(C)C(C)c1cc(OC(=O)CCCN2CCCCC2)c2c(c1)OC(C)(C)C1=C2CCC1.Cl. The fourth-order valence-corrected chi connectivity index (χ4v) is 6.45. The van der Waals surface area contributed by atoms with Crippen molar-refractivity contribution in [2.24, 2.45) is 5.92 Å². The molecular formula is C32H50ClNO3. The van der Waals surface area contributed by atoms with Crippen molar-refractivity contribution in [1.29, 1.82) is 0 Å². The van der Waals surface area contributed by atoms with Gasteiger partial charge in [0.25, 0.3) is 0 Å². The Labute approximate surface area is 232 Å². The number of likely N-dealkylation sites (tertiary alicyclic amines) is 1. The first-order valence-corrected chi connectivity index (χ1v) is 14.8. The van der Waals surface area contributed by atoms with E-state index in [0.717, 1.165) is 49.3 Å². The molecule has 1 aliphatic carbocycles. The van der Waals surface area contributed by atoms with Crippen molar-refractivity contribution < 1.29 is 14.3 Å². The van der Waals surface area contributed by atoms with Crippen LogP contribution in [0.1, 0.15) is 129 Å². The fourth-order valence-electron chi connectivity index (χ4n) is 6.45. The lowest BCUT2D eigenvalue weighted by Crippen LogP contribution is -2.34. The summed E-state index contributed by atoms with van der Waals surface area (Å²) in [6, 6.07) is 4.40. The number of benzene rings is 1. The number of unbranched alkanes of at least 4 members (excludes halogenated alkanes) is 2. The number of nitrogens with zero attached hydrogens (tertiary/aromatic N) is 1. The third-order valence-corrected chi connectivity index (χ3v) is 8.87. The molecule has 0 saturated carbocycles. The highest BCUT2D eigenvalue weighted by Crippen LogP contribution is 2.52. The molecule has 208 valence electrons. The number of hydrogen-bond acceptors (Lipinski definition) is 4. The van der Waals surface area contributed by atoms with E-state index >= 15 is 0 Å². The van der Waals surface area contributed by atoms with Crippen LogP contribution in [-0.4, -0.2) is 36.1 Å². The molecule has 1 aromatic carbocycles. The van der Waals surface area contributed by atoms with Gasteiger partial charge in [-0.05, 0) is 113 Å². The van der Waals surface area contributed by atoms with E-state index < -0.39 is 0 Å². The molecule has 2 aliphatic heterocycles. The van der Waals surface area contributed by atoms with Crippen molar-refractivity contribution in [3.63, 3.8) is 0 Å². The average Bonchev–Trinajstić information content (AvgIpc) is 3.35. The van der Waals surface area contributed by atoms with E-state index in [9.17, 15) is 4.79 Å². The van der Waals surface area contributed by atoms with Gasteiger partial charge in [0, 0.05) is 6.42 Å². The van der Waals surface area contributed by atoms with Crippen molar-refractivity contribution in [2.45, 2.75) is 123 Å². The molecule has 0 radical (unpaired) electrons. The van der Waals surface area contributed by atoms with E-state index in [1.807, 2.05) is 0 Å². The van der Waals surface area contributed by atoms with Crippen molar-refractivity contribution in [2.75, 3.05) is 19.6 Å². The number of piperidine rings is 1. The summed E-state index contributed by atoms with van der Waals surface area (Å²) in [5.41, 5.74) is 4.70. The second-order valence-electron chi connectivity index (χ2n) is 12.1. The summed E-state index contributed by atoms with van der Waals surface area (Å²) < 4.78 is 12.8. The zero-order chi connectivity index (χ0) is 25.7. The number of hydrogen-bond donors (Lipinski definition) is 0. The monoisotopic (exact) mass is 531 g/mol. The van der Waals surface area contributed by atoms with Crippen LogP contribution in [0.15, 0.2) is 17.7 Å². The average molecular weight is 532 g/mol. The van der Waals surface area contributed by atoms with E-state index in [2.05, 4.69) is 51.7 Å². The molecule has 2 heterocycles. The topological polar surface area (TPSA) is 38.8 Å². The molecule has 37 heavy (non-hydrogen) atoms. The summed E-state index contributed by atoms with van der Waals surface area (Å²) in [5, 5.41) is 0. The van der Waals surface area contributed by atoms with Crippen molar-refractivity contribution >= 4 is 23.9 Å². The van der Waals surface area contributed by atoms with Crippen LogP contribution >= 0.6 is 12.4 Å². The standard InChI is InChI=1S/C32H49NO3.ClH/c1-6-7-9-14-23(2)24(3)25-21-28(35-30(34)17-13-20-33-18-10-8-11-19-33)31-26-15-12-16-27(26)32(4,5)36-29(31)22-25;/h21-24H,6-20H2,1-5H3;1H. The Balaban J connectivity index is 0.00000380. The van der Waals surface area contributed by atoms with Crippen molar-refractivity contribution in [3.05, 3.63) is 28.8 Å². The fraction of sp³-hybridized carbons (Fsp3) is 0.719. The third-order valence-electron chi connectivity index (χ3n) is 8.87. The van der Waals surface area contributed by atoms with Crippen LogP contribution in [-0.2, 0) is 4.79 Å². The van der Waals surface area contributed by atoms with Gasteiger partial charge >= 0.3 is 5.97 Å². The van der Waals surface area contributed by atoms with Crippen LogP contribution in [0.25, 0.3) is 5.57 Å². The molecule has 0 N–H and O–H groups in total. The summed E-state index contributed by atoms with van der Waals surface area (Å²) in [4.78, 5) is 15.5. The zero-order valence-corrected chi connectivity index (χ0v) is 24.8. The molecule has 1 saturated heterocycles. The molecule has 0 amide bonds. The number of rotatable bonds is 11. The van der Waals surface area contributed by atoms with Gasteiger partial charge < -0.3 is 14.4 Å². The molecule has 4 nitrogen and oxygen atoms in total. The van der Waals surface area contributed by atoms with Gasteiger partial charge in [-0.3, -0.25) is 4.79 Å². The quantitative estimate of drug-likeness (QED) is 0.162. The molecule has 0 spiro atoms. The second kappa shape index (κ2) is 13.5. The number of esters is 1. The van der Waals surface area contributed by atoms with Gasteiger partial charge in [-0.25, -0.2) is 0 Å². The van der Waals surface area contributed by atoms with Crippen LogP contribution in [0.4, 0.5) is 0 Å². The molecule has 5 heteroatoms. The van der Waals surface area contributed by atoms with Crippen LogP contribution in [0, 0.1) is 5.92 Å². The lowest BCUT2D eigenvalue weighted by Gasteiger charge is -2.36. The number of halogens is 1. The highest BCUT2D eigenvalue weighted by atomic mass is 35.5. The van der Waals surface area contributed by atoms with Gasteiger partial charge in [0.2, 0.25) is 0 Å². The first kappa shape index (κ1) is 30.0. The molecule has 1 aromatic rings. The Morgan fingerprint density at radius 2 is 1.81 bits per heavy atom. The minimum atomic E-state index is -0.302. The highest BCUT2D eigenvalue weighted by Gasteiger charge is 2.39. The summed E-state index contributed by atoms with van der Waals surface area (Å²) in [6.45, 7) is 14.6. The largest absolute Gasteiger partial charge is 0.483 e. The van der Waals surface area contributed by atoms with Gasteiger partial charge in [0.05, 0.1) is 5.56 Å². The lowest BCUT2D eigenvalue weighted by atomic mass is 9.82. The van der Waals surface area contributed by atoms with Crippen LogP contribution in [0.5, 0.6) is 11.5 Å². The Kier molecular flexibility index (Phi) is 11.0. The molecule has 0 bridgehead atoms. The Bertz CT molecular complexity index is 948. The van der Waals surface area contributed by atoms with Crippen LogP contribution in [0.3, 0.4) is 0 Å². The second-order valence-corrected chi connectivity index (χ2v) is 12.1. The van der Waals surface area contributed by atoms with Gasteiger partial charge in [-0.1, -0.05) is 52.9 Å².